The van der Waals surface area contributed by atoms with E-state index in [-0.39, 0.29) is 41.8 Å². The first kappa shape index (κ1) is 27.0. The molecule has 0 radical (unpaired) electrons. The number of ether oxygens (including phenoxy) is 2. The van der Waals surface area contributed by atoms with Gasteiger partial charge in [-0.3, -0.25) is 24.1 Å². The van der Waals surface area contributed by atoms with Gasteiger partial charge >= 0.3 is 5.97 Å². The standard InChI is InChI=1S/C27H36FN3O6/c1-4-36-26(35)20-9-13-29(14-10-20)25(34)22-17-37-27(11-15-30(16-12-27)23(32)18(2)3)31(22)24(33)19-5-7-21(28)8-6-19/h5-8,18,20,22H,4,9-17H2,1-3H3. The fourth-order valence-electron chi connectivity index (χ4n) is 5.54. The van der Waals surface area contributed by atoms with E-state index >= 15 is 0 Å². The number of hydrogen-bond donors (Lipinski definition) is 0. The molecule has 202 valence electrons. The van der Waals surface area contributed by atoms with E-state index in [2.05, 4.69) is 0 Å². The molecule has 4 rings (SSSR count). The Hall–Kier alpha value is -3.01. The summed E-state index contributed by atoms with van der Waals surface area (Å²) in [6, 6.07) is 4.42. The molecule has 3 aliphatic heterocycles. The van der Waals surface area contributed by atoms with Crippen LogP contribution in [0.25, 0.3) is 0 Å². The Balaban J connectivity index is 1.54. The summed E-state index contributed by atoms with van der Waals surface area (Å²) in [4.78, 5) is 57.1. The van der Waals surface area contributed by atoms with Crippen LogP contribution in [0.3, 0.4) is 0 Å². The predicted molar refractivity (Wildman–Crippen MR) is 132 cm³/mol. The van der Waals surface area contributed by atoms with E-state index in [9.17, 15) is 23.6 Å². The lowest BCUT2D eigenvalue weighted by Gasteiger charge is -2.45. The summed E-state index contributed by atoms with van der Waals surface area (Å²) < 4.78 is 24.9. The molecule has 1 aromatic carbocycles. The monoisotopic (exact) mass is 517 g/mol. The molecule has 9 nitrogen and oxygen atoms in total. The minimum absolute atomic E-state index is 0.0429. The second-order valence-electron chi connectivity index (χ2n) is 10.3. The fourth-order valence-corrected chi connectivity index (χ4v) is 5.54. The topological polar surface area (TPSA) is 96.5 Å². The van der Waals surface area contributed by atoms with Gasteiger partial charge in [-0.05, 0) is 44.0 Å². The zero-order chi connectivity index (χ0) is 26.7. The van der Waals surface area contributed by atoms with Gasteiger partial charge in [0.2, 0.25) is 11.8 Å². The molecular weight excluding hydrogens is 481 g/mol. The first-order valence-corrected chi connectivity index (χ1v) is 13.1. The van der Waals surface area contributed by atoms with E-state index in [0.29, 0.717) is 58.5 Å². The average molecular weight is 518 g/mol. The Labute approximate surface area is 216 Å². The lowest BCUT2D eigenvalue weighted by Crippen LogP contribution is -2.60. The molecule has 3 aliphatic rings. The maximum atomic E-state index is 13.8. The van der Waals surface area contributed by atoms with Crippen molar-refractivity contribution in [3.8, 4) is 0 Å². The number of likely N-dealkylation sites (tertiary alicyclic amines) is 2. The Bertz CT molecular complexity index is 1010. The number of rotatable bonds is 5. The highest BCUT2D eigenvalue weighted by Crippen LogP contribution is 2.39. The molecule has 1 unspecified atom stereocenters. The number of nitrogens with zero attached hydrogens (tertiary/aromatic N) is 3. The van der Waals surface area contributed by atoms with Crippen LogP contribution in [-0.4, -0.2) is 89.6 Å². The third kappa shape index (κ3) is 5.49. The third-order valence-corrected chi connectivity index (χ3v) is 7.63. The molecule has 0 N–H and O–H groups in total. The van der Waals surface area contributed by atoms with Gasteiger partial charge in [-0.1, -0.05) is 13.8 Å². The van der Waals surface area contributed by atoms with Crippen LogP contribution >= 0.6 is 0 Å². The van der Waals surface area contributed by atoms with Gasteiger partial charge < -0.3 is 19.3 Å². The smallest absolute Gasteiger partial charge is 0.309 e. The highest BCUT2D eigenvalue weighted by molar-refractivity contribution is 5.98. The van der Waals surface area contributed by atoms with Gasteiger partial charge in [0.05, 0.1) is 19.1 Å². The van der Waals surface area contributed by atoms with Gasteiger partial charge in [-0.15, -0.1) is 0 Å². The second-order valence-corrected chi connectivity index (χ2v) is 10.3. The first-order valence-electron chi connectivity index (χ1n) is 13.1. The normalized spacial score (nSPS) is 22.0. The number of piperidine rings is 2. The maximum absolute atomic E-state index is 13.8. The van der Waals surface area contributed by atoms with Crippen molar-refractivity contribution in [1.29, 1.82) is 0 Å². The predicted octanol–water partition coefficient (Wildman–Crippen LogP) is 2.44. The number of esters is 1. The molecule has 1 atom stereocenters. The molecular formula is C27H36FN3O6. The first-order chi connectivity index (χ1) is 17.7. The summed E-state index contributed by atoms with van der Waals surface area (Å²) in [5, 5.41) is 0. The molecule has 3 amide bonds. The van der Waals surface area contributed by atoms with Gasteiger partial charge in [0.15, 0.2) is 0 Å². The molecule has 0 aliphatic carbocycles. The summed E-state index contributed by atoms with van der Waals surface area (Å²) >= 11 is 0. The number of amides is 3. The zero-order valence-corrected chi connectivity index (χ0v) is 21.8. The van der Waals surface area contributed by atoms with Crippen LogP contribution < -0.4 is 0 Å². The summed E-state index contributed by atoms with van der Waals surface area (Å²) in [6.45, 7) is 7.43. The van der Waals surface area contributed by atoms with Crippen molar-refractivity contribution in [3.63, 3.8) is 0 Å². The number of carbonyl (C=O) groups is 4. The van der Waals surface area contributed by atoms with E-state index < -0.39 is 23.5 Å². The van der Waals surface area contributed by atoms with Crippen LogP contribution in [-0.2, 0) is 23.9 Å². The third-order valence-electron chi connectivity index (χ3n) is 7.63. The minimum Gasteiger partial charge on any atom is -0.466 e. The van der Waals surface area contributed by atoms with E-state index in [1.54, 1.807) is 16.7 Å². The van der Waals surface area contributed by atoms with Crippen molar-refractivity contribution in [2.45, 2.75) is 58.2 Å². The maximum Gasteiger partial charge on any atom is 0.309 e. The van der Waals surface area contributed by atoms with E-state index in [4.69, 9.17) is 9.47 Å². The van der Waals surface area contributed by atoms with E-state index in [1.807, 2.05) is 13.8 Å². The Morgan fingerprint density at radius 3 is 2.22 bits per heavy atom. The van der Waals surface area contributed by atoms with Crippen molar-refractivity contribution in [2.75, 3.05) is 39.4 Å². The fraction of sp³-hybridized carbons (Fsp3) is 0.630. The Kier molecular flexibility index (Phi) is 8.16. The van der Waals surface area contributed by atoms with Gasteiger partial charge in [0.25, 0.3) is 5.91 Å². The summed E-state index contributed by atoms with van der Waals surface area (Å²) in [5.41, 5.74) is -0.756. The van der Waals surface area contributed by atoms with Crippen LogP contribution in [0, 0.1) is 17.7 Å². The molecule has 0 bridgehead atoms. The molecule has 3 fully saturated rings. The summed E-state index contributed by atoms with van der Waals surface area (Å²) in [6.07, 6.45) is 1.77. The summed E-state index contributed by atoms with van der Waals surface area (Å²) in [5.74, 6) is -1.66. The average Bonchev–Trinajstić information content (AvgIpc) is 3.26. The van der Waals surface area contributed by atoms with Crippen LogP contribution in [0.4, 0.5) is 4.39 Å². The Morgan fingerprint density at radius 2 is 1.65 bits per heavy atom. The quantitative estimate of drug-likeness (QED) is 0.557. The SMILES string of the molecule is CCOC(=O)C1CCN(C(=O)C2COC3(CCN(C(=O)C(C)C)CC3)N2C(=O)c2ccc(F)cc2)CC1. The van der Waals surface area contributed by atoms with Crippen molar-refractivity contribution in [3.05, 3.63) is 35.6 Å². The number of hydrogen-bond acceptors (Lipinski definition) is 6. The van der Waals surface area contributed by atoms with Gasteiger partial charge in [-0.2, -0.15) is 0 Å². The van der Waals surface area contributed by atoms with Crippen LogP contribution in [0.5, 0.6) is 0 Å². The number of benzene rings is 1. The van der Waals surface area contributed by atoms with E-state index in [0.717, 1.165) is 0 Å². The van der Waals surface area contributed by atoms with Crippen molar-refractivity contribution in [2.24, 2.45) is 11.8 Å². The summed E-state index contributed by atoms with van der Waals surface area (Å²) in [7, 11) is 0. The van der Waals surface area contributed by atoms with Crippen LogP contribution in [0.2, 0.25) is 0 Å². The molecule has 1 aromatic rings. The van der Waals surface area contributed by atoms with Gasteiger partial charge in [0, 0.05) is 50.5 Å². The second kappa shape index (κ2) is 11.2. The molecule has 3 saturated heterocycles. The van der Waals surface area contributed by atoms with Crippen molar-refractivity contribution in [1.82, 2.24) is 14.7 Å². The zero-order valence-electron chi connectivity index (χ0n) is 21.8. The molecule has 10 heteroatoms. The highest BCUT2D eigenvalue weighted by atomic mass is 19.1. The number of halogens is 1. The molecule has 37 heavy (non-hydrogen) atoms. The molecule has 0 saturated carbocycles. The van der Waals surface area contributed by atoms with Crippen molar-refractivity contribution >= 4 is 23.7 Å². The molecule has 0 aromatic heterocycles. The van der Waals surface area contributed by atoms with E-state index in [1.165, 1.54) is 29.2 Å². The van der Waals surface area contributed by atoms with Crippen molar-refractivity contribution < 1.29 is 33.0 Å². The molecule has 3 heterocycles. The number of carbonyl (C=O) groups excluding carboxylic acids is 4. The van der Waals surface area contributed by atoms with Gasteiger partial charge in [0.1, 0.15) is 17.6 Å². The van der Waals surface area contributed by atoms with Crippen LogP contribution in [0.1, 0.15) is 56.8 Å². The van der Waals surface area contributed by atoms with Crippen LogP contribution in [0.15, 0.2) is 24.3 Å². The largest absolute Gasteiger partial charge is 0.466 e. The lowest BCUT2D eigenvalue weighted by molar-refractivity contribution is -0.152. The molecule has 1 spiro atoms. The minimum atomic E-state index is -1.02. The van der Waals surface area contributed by atoms with Gasteiger partial charge in [-0.25, -0.2) is 4.39 Å². The Morgan fingerprint density at radius 1 is 1.03 bits per heavy atom. The lowest BCUT2D eigenvalue weighted by atomic mass is 9.94. The highest BCUT2D eigenvalue weighted by Gasteiger charge is 2.55.